The first kappa shape index (κ1) is 8.89. The van der Waals surface area contributed by atoms with Crippen LogP contribution in [0.5, 0.6) is 0 Å². The van der Waals surface area contributed by atoms with Crippen molar-refractivity contribution in [3.8, 4) is 0 Å². The summed E-state index contributed by atoms with van der Waals surface area (Å²) >= 11 is 1.37. The first-order valence-electron chi connectivity index (χ1n) is 3.98. The molecule has 0 saturated carbocycles. The number of nitrogens with one attached hydrogen (secondary N) is 2. The van der Waals surface area contributed by atoms with Gasteiger partial charge in [0, 0.05) is 17.3 Å². The van der Waals surface area contributed by atoms with Crippen LogP contribution in [-0.4, -0.2) is 20.9 Å². The molecule has 2 heterocycles. The predicted molar refractivity (Wildman–Crippen MR) is 53.4 cm³/mol. The van der Waals surface area contributed by atoms with Gasteiger partial charge in [-0.3, -0.25) is 10.1 Å². The van der Waals surface area contributed by atoms with Gasteiger partial charge in [0.25, 0.3) is 5.91 Å². The Bertz CT molecular complexity index is 434. The molecule has 5 nitrogen and oxygen atoms in total. The molecule has 0 unspecified atom stereocenters. The third-order valence-electron chi connectivity index (χ3n) is 1.70. The number of aromatic amines is 1. The lowest BCUT2D eigenvalue weighted by atomic mass is 10.3. The Kier molecular flexibility index (Phi) is 2.28. The van der Waals surface area contributed by atoms with Gasteiger partial charge in [0.15, 0.2) is 5.13 Å². The molecule has 0 spiro atoms. The summed E-state index contributed by atoms with van der Waals surface area (Å²) in [7, 11) is 0. The Morgan fingerprint density at radius 1 is 1.57 bits per heavy atom. The van der Waals surface area contributed by atoms with Gasteiger partial charge in [-0.15, -0.1) is 11.3 Å². The zero-order valence-corrected chi connectivity index (χ0v) is 8.26. The van der Waals surface area contributed by atoms with Crippen LogP contribution in [-0.2, 0) is 0 Å². The molecule has 0 aromatic carbocycles. The fourth-order valence-electron chi connectivity index (χ4n) is 1.03. The van der Waals surface area contributed by atoms with Gasteiger partial charge in [-0.1, -0.05) is 0 Å². The number of aromatic nitrogens is 3. The van der Waals surface area contributed by atoms with Crippen molar-refractivity contribution in [1.29, 1.82) is 0 Å². The smallest absolute Gasteiger partial charge is 0.277 e. The number of imidazole rings is 1. The van der Waals surface area contributed by atoms with E-state index in [-0.39, 0.29) is 5.91 Å². The molecule has 0 atom stereocenters. The molecular weight excluding hydrogens is 200 g/mol. The van der Waals surface area contributed by atoms with E-state index in [2.05, 4.69) is 20.3 Å². The third-order valence-corrected chi connectivity index (χ3v) is 2.39. The van der Waals surface area contributed by atoms with Crippen LogP contribution in [0.1, 0.15) is 16.2 Å². The van der Waals surface area contributed by atoms with Crippen molar-refractivity contribution in [2.75, 3.05) is 5.32 Å². The lowest BCUT2D eigenvalue weighted by molar-refractivity contribution is 0.102. The van der Waals surface area contributed by atoms with Crippen molar-refractivity contribution in [2.24, 2.45) is 0 Å². The van der Waals surface area contributed by atoms with Crippen molar-refractivity contribution < 1.29 is 4.79 Å². The summed E-state index contributed by atoms with van der Waals surface area (Å²) in [5, 5.41) is 5.03. The molecular formula is C8H8N4OS. The second-order valence-electron chi connectivity index (χ2n) is 2.67. The Morgan fingerprint density at radius 2 is 2.43 bits per heavy atom. The van der Waals surface area contributed by atoms with Crippen LogP contribution in [0.3, 0.4) is 0 Å². The molecule has 0 aliphatic heterocycles. The monoisotopic (exact) mass is 208 g/mol. The number of amides is 1. The van der Waals surface area contributed by atoms with Crippen LogP contribution in [0, 0.1) is 6.92 Å². The van der Waals surface area contributed by atoms with E-state index >= 15 is 0 Å². The Hall–Kier alpha value is -1.69. The van der Waals surface area contributed by atoms with Crippen LogP contribution in [0.2, 0.25) is 0 Å². The Labute approximate surface area is 84.2 Å². The fourth-order valence-corrected chi connectivity index (χ4v) is 1.55. The van der Waals surface area contributed by atoms with E-state index in [0.717, 1.165) is 5.69 Å². The number of carbonyl (C=O) groups is 1. The summed E-state index contributed by atoms with van der Waals surface area (Å²) in [6.45, 7) is 1.80. The van der Waals surface area contributed by atoms with E-state index in [4.69, 9.17) is 0 Å². The maximum absolute atomic E-state index is 11.6. The van der Waals surface area contributed by atoms with Crippen molar-refractivity contribution in [2.45, 2.75) is 6.92 Å². The molecule has 2 aromatic rings. The van der Waals surface area contributed by atoms with Crippen molar-refractivity contribution in [3.05, 3.63) is 29.3 Å². The molecule has 14 heavy (non-hydrogen) atoms. The molecule has 2 rings (SSSR count). The molecule has 0 aliphatic rings. The molecule has 2 N–H and O–H groups in total. The van der Waals surface area contributed by atoms with E-state index in [1.807, 2.05) is 0 Å². The van der Waals surface area contributed by atoms with Crippen LogP contribution >= 0.6 is 11.3 Å². The predicted octanol–water partition coefficient (Wildman–Crippen LogP) is 1.43. The first-order valence-corrected chi connectivity index (χ1v) is 4.86. The number of carbonyl (C=O) groups excluding carboxylic acids is 1. The summed E-state index contributed by atoms with van der Waals surface area (Å²) in [5.74, 6) is -0.237. The molecule has 0 saturated heterocycles. The van der Waals surface area contributed by atoms with Gasteiger partial charge < -0.3 is 4.98 Å². The third kappa shape index (κ3) is 1.64. The number of thiazole rings is 1. The summed E-state index contributed by atoms with van der Waals surface area (Å²) in [6, 6.07) is 0. The standard InChI is InChI=1S/C8H8N4OS/c1-5-6(11-4-10-5)7(13)12-8-9-2-3-14-8/h2-4H,1H3,(H,10,11)(H,9,12,13). The maximum atomic E-state index is 11.6. The highest BCUT2D eigenvalue weighted by atomic mass is 32.1. The maximum Gasteiger partial charge on any atom is 0.277 e. The summed E-state index contributed by atoms with van der Waals surface area (Å²) in [4.78, 5) is 22.3. The van der Waals surface area contributed by atoms with Gasteiger partial charge in [-0.05, 0) is 6.92 Å². The zero-order chi connectivity index (χ0) is 9.97. The molecule has 1 amide bonds. The number of anilines is 1. The first-order chi connectivity index (χ1) is 6.77. The van der Waals surface area contributed by atoms with Gasteiger partial charge in [-0.2, -0.15) is 0 Å². The van der Waals surface area contributed by atoms with E-state index in [9.17, 15) is 4.79 Å². The summed E-state index contributed by atoms with van der Waals surface area (Å²) in [6.07, 6.45) is 3.13. The highest BCUT2D eigenvalue weighted by Gasteiger charge is 2.12. The van der Waals surface area contributed by atoms with E-state index in [1.165, 1.54) is 17.7 Å². The van der Waals surface area contributed by atoms with Gasteiger partial charge in [0.05, 0.1) is 6.33 Å². The summed E-state index contributed by atoms with van der Waals surface area (Å²) < 4.78 is 0. The number of rotatable bonds is 2. The molecule has 6 heteroatoms. The lowest BCUT2D eigenvalue weighted by Gasteiger charge is -1.98. The fraction of sp³-hybridized carbons (Fsp3) is 0.125. The normalized spacial score (nSPS) is 10.1. The number of H-pyrrole nitrogens is 1. The van der Waals surface area contributed by atoms with E-state index in [0.29, 0.717) is 10.8 Å². The molecule has 0 radical (unpaired) electrons. The zero-order valence-electron chi connectivity index (χ0n) is 7.44. The minimum absolute atomic E-state index is 0.237. The van der Waals surface area contributed by atoms with E-state index < -0.39 is 0 Å². The summed E-state index contributed by atoms with van der Waals surface area (Å²) in [5.41, 5.74) is 1.15. The van der Waals surface area contributed by atoms with Crippen molar-refractivity contribution in [3.63, 3.8) is 0 Å². The van der Waals surface area contributed by atoms with Crippen LogP contribution in [0.15, 0.2) is 17.9 Å². The quantitative estimate of drug-likeness (QED) is 0.784. The van der Waals surface area contributed by atoms with Crippen LogP contribution in [0.4, 0.5) is 5.13 Å². The average Bonchev–Trinajstić information content (AvgIpc) is 2.75. The van der Waals surface area contributed by atoms with E-state index in [1.54, 1.807) is 18.5 Å². The number of aryl methyl sites for hydroxylation is 1. The Morgan fingerprint density at radius 3 is 3.00 bits per heavy atom. The molecule has 0 fully saturated rings. The van der Waals surface area contributed by atoms with Gasteiger partial charge in [0.2, 0.25) is 0 Å². The number of nitrogens with zero attached hydrogens (tertiary/aromatic N) is 2. The number of hydrogen-bond acceptors (Lipinski definition) is 4. The largest absolute Gasteiger partial charge is 0.348 e. The van der Waals surface area contributed by atoms with Crippen molar-refractivity contribution >= 4 is 22.4 Å². The lowest BCUT2D eigenvalue weighted by Crippen LogP contribution is -2.13. The van der Waals surface area contributed by atoms with Gasteiger partial charge >= 0.3 is 0 Å². The molecule has 0 aliphatic carbocycles. The number of hydrogen-bond donors (Lipinski definition) is 2. The van der Waals surface area contributed by atoms with Crippen LogP contribution in [0.25, 0.3) is 0 Å². The van der Waals surface area contributed by atoms with Crippen LogP contribution < -0.4 is 5.32 Å². The highest BCUT2D eigenvalue weighted by Crippen LogP contribution is 2.12. The molecule has 72 valence electrons. The van der Waals surface area contributed by atoms with Crippen molar-refractivity contribution in [1.82, 2.24) is 15.0 Å². The topological polar surface area (TPSA) is 70.7 Å². The second kappa shape index (κ2) is 3.59. The minimum atomic E-state index is -0.237. The Balaban J connectivity index is 2.14. The molecule has 0 bridgehead atoms. The average molecular weight is 208 g/mol. The highest BCUT2D eigenvalue weighted by molar-refractivity contribution is 7.13. The minimum Gasteiger partial charge on any atom is -0.348 e. The van der Waals surface area contributed by atoms with Gasteiger partial charge in [-0.25, -0.2) is 9.97 Å². The molecule has 2 aromatic heterocycles. The SMILES string of the molecule is Cc1[nH]cnc1C(=O)Nc1nccs1. The second-order valence-corrected chi connectivity index (χ2v) is 3.56. The van der Waals surface area contributed by atoms with Gasteiger partial charge in [0.1, 0.15) is 5.69 Å².